The molecule has 0 spiro atoms. The Morgan fingerprint density at radius 2 is 1.83 bits per heavy atom. The van der Waals surface area contributed by atoms with Gasteiger partial charge < -0.3 is 15.7 Å². The van der Waals surface area contributed by atoms with E-state index in [0.717, 1.165) is 29.4 Å². The Hall–Kier alpha value is -1.36. The van der Waals surface area contributed by atoms with Crippen molar-refractivity contribution in [3.63, 3.8) is 0 Å². The van der Waals surface area contributed by atoms with Crippen molar-refractivity contribution in [1.29, 1.82) is 0 Å². The maximum atomic E-state index is 9.38. The molecule has 0 saturated heterocycles. The minimum Gasteiger partial charge on any atom is -0.394 e. The fourth-order valence-electron chi connectivity index (χ4n) is 1.70. The Labute approximate surface area is 109 Å². The van der Waals surface area contributed by atoms with Gasteiger partial charge in [0.2, 0.25) is 0 Å². The van der Waals surface area contributed by atoms with E-state index < -0.39 is 0 Å². The van der Waals surface area contributed by atoms with Crippen LogP contribution in [0.4, 0.5) is 11.6 Å². The molecule has 0 bridgehead atoms. The molecule has 1 heterocycles. The highest BCUT2D eigenvalue weighted by molar-refractivity contribution is 5.57. The van der Waals surface area contributed by atoms with Crippen LogP contribution in [0, 0.1) is 12.8 Å². The summed E-state index contributed by atoms with van der Waals surface area (Å²) in [7, 11) is 1.85. The van der Waals surface area contributed by atoms with Crippen molar-refractivity contribution >= 4 is 11.6 Å². The largest absolute Gasteiger partial charge is 0.394 e. The van der Waals surface area contributed by atoms with Gasteiger partial charge in [-0.05, 0) is 12.8 Å². The van der Waals surface area contributed by atoms with Gasteiger partial charge >= 0.3 is 0 Å². The van der Waals surface area contributed by atoms with E-state index >= 15 is 0 Å². The summed E-state index contributed by atoms with van der Waals surface area (Å²) in [6.07, 6.45) is 0.787. The molecule has 0 amide bonds. The summed E-state index contributed by atoms with van der Waals surface area (Å²) in [6.45, 7) is 8.24. The average Bonchev–Trinajstić information content (AvgIpc) is 2.37. The minimum atomic E-state index is 0.00742. The van der Waals surface area contributed by atoms with Crippen LogP contribution in [0.25, 0.3) is 0 Å². The maximum Gasteiger partial charge on any atom is 0.135 e. The molecule has 1 rings (SSSR count). The number of nitrogens with one attached hydrogen (secondary N) is 2. The predicted octanol–water partition coefficient (Wildman–Crippen LogP) is 1.82. The third-order valence-electron chi connectivity index (χ3n) is 3.07. The van der Waals surface area contributed by atoms with Crippen LogP contribution in [0.5, 0.6) is 0 Å². The van der Waals surface area contributed by atoms with Crippen LogP contribution in [-0.4, -0.2) is 34.8 Å². The smallest absolute Gasteiger partial charge is 0.135 e. The zero-order chi connectivity index (χ0) is 13.7. The van der Waals surface area contributed by atoms with E-state index in [1.165, 1.54) is 0 Å². The molecule has 0 aliphatic rings. The Balaban J connectivity index is 3.06. The van der Waals surface area contributed by atoms with Crippen LogP contribution in [0.3, 0.4) is 0 Å². The van der Waals surface area contributed by atoms with Crippen molar-refractivity contribution in [3.8, 4) is 0 Å². The Bertz CT molecular complexity index is 393. The second-order valence-electron chi connectivity index (χ2n) is 4.74. The van der Waals surface area contributed by atoms with Crippen molar-refractivity contribution in [3.05, 3.63) is 11.4 Å². The van der Waals surface area contributed by atoms with E-state index in [0.29, 0.717) is 5.92 Å². The fraction of sp³-hybridized carbons (Fsp3) is 0.692. The molecule has 0 saturated carbocycles. The fourth-order valence-corrected chi connectivity index (χ4v) is 1.70. The molecule has 0 unspecified atom stereocenters. The van der Waals surface area contributed by atoms with Gasteiger partial charge in [-0.15, -0.1) is 0 Å². The highest BCUT2D eigenvalue weighted by atomic mass is 16.3. The van der Waals surface area contributed by atoms with Gasteiger partial charge in [-0.1, -0.05) is 20.8 Å². The number of hydrogen-bond acceptors (Lipinski definition) is 5. The summed E-state index contributed by atoms with van der Waals surface area (Å²) in [5.41, 5.74) is 0.980. The van der Waals surface area contributed by atoms with Crippen molar-refractivity contribution in [2.45, 2.75) is 40.2 Å². The molecule has 0 fully saturated rings. The van der Waals surface area contributed by atoms with Crippen molar-refractivity contribution in [1.82, 2.24) is 9.97 Å². The van der Waals surface area contributed by atoms with Crippen molar-refractivity contribution < 1.29 is 5.11 Å². The lowest BCUT2D eigenvalue weighted by Crippen LogP contribution is -2.30. The van der Waals surface area contributed by atoms with Crippen LogP contribution < -0.4 is 10.6 Å². The second kappa shape index (κ2) is 6.54. The molecule has 0 aliphatic heterocycles. The highest BCUT2D eigenvalue weighted by Crippen LogP contribution is 2.21. The molecule has 1 aromatic heterocycles. The zero-order valence-corrected chi connectivity index (χ0v) is 11.9. The standard InChI is InChI=1S/C13H24N4O/c1-6-11-16-12(14-5)9(4)13(17-11)15-10(7-18)8(2)3/h8,10,18H,6-7H2,1-5H3,(H2,14,15,16,17)/t10-/m1/s1. The molecule has 1 aromatic rings. The number of hydrogen-bond donors (Lipinski definition) is 3. The van der Waals surface area contributed by atoms with Crippen LogP contribution in [-0.2, 0) is 6.42 Å². The normalized spacial score (nSPS) is 12.6. The van der Waals surface area contributed by atoms with Crippen molar-refractivity contribution in [2.75, 3.05) is 24.3 Å². The van der Waals surface area contributed by atoms with E-state index in [1.54, 1.807) is 0 Å². The lowest BCUT2D eigenvalue weighted by Gasteiger charge is -2.22. The van der Waals surface area contributed by atoms with Crippen molar-refractivity contribution in [2.24, 2.45) is 5.92 Å². The van der Waals surface area contributed by atoms with Gasteiger partial charge in [-0.2, -0.15) is 0 Å². The molecule has 3 N–H and O–H groups in total. The topological polar surface area (TPSA) is 70.1 Å². The summed E-state index contributed by atoms with van der Waals surface area (Å²) in [5.74, 6) is 2.78. The number of aryl methyl sites for hydroxylation is 1. The Kier molecular flexibility index (Phi) is 5.34. The van der Waals surface area contributed by atoms with Crippen LogP contribution in [0.15, 0.2) is 0 Å². The summed E-state index contributed by atoms with van der Waals surface area (Å²) in [4.78, 5) is 8.92. The summed E-state index contributed by atoms with van der Waals surface area (Å²) < 4.78 is 0. The molecule has 0 radical (unpaired) electrons. The Morgan fingerprint density at radius 3 is 2.28 bits per heavy atom. The molecule has 5 nitrogen and oxygen atoms in total. The molecule has 18 heavy (non-hydrogen) atoms. The number of rotatable bonds is 6. The lowest BCUT2D eigenvalue weighted by molar-refractivity contribution is 0.249. The molecule has 1 atom stereocenters. The first-order valence-electron chi connectivity index (χ1n) is 6.46. The summed E-state index contributed by atoms with van der Waals surface area (Å²) in [6, 6.07) is 0.00742. The molecular formula is C13H24N4O. The second-order valence-corrected chi connectivity index (χ2v) is 4.74. The first-order valence-corrected chi connectivity index (χ1v) is 6.46. The van der Waals surface area contributed by atoms with E-state index in [-0.39, 0.29) is 12.6 Å². The highest BCUT2D eigenvalue weighted by Gasteiger charge is 2.16. The average molecular weight is 252 g/mol. The number of anilines is 2. The minimum absolute atomic E-state index is 0.00742. The van der Waals surface area contributed by atoms with Gasteiger partial charge in [-0.3, -0.25) is 0 Å². The summed E-state index contributed by atoms with van der Waals surface area (Å²) >= 11 is 0. The quantitative estimate of drug-likeness (QED) is 0.720. The van der Waals surface area contributed by atoms with Gasteiger partial charge in [0.25, 0.3) is 0 Å². The Morgan fingerprint density at radius 1 is 1.22 bits per heavy atom. The zero-order valence-electron chi connectivity index (χ0n) is 11.9. The van der Waals surface area contributed by atoms with Crippen LogP contribution >= 0.6 is 0 Å². The molecular weight excluding hydrogens is 228 g/mol. The molecule has 0 aromatic carbocycles. The number of aliphatic hydroxyl groups is 1. The molecule has 5 heteroatoms. The van der Waals surface area contributed by atoms with E-state index in [1.807, 2.05) is 20.9 Å². The van der Waals surface area contributed by atoms with Crippen LogP contribution in [0.1, 0.15) is 32.2 Å². The number of nitrogens with zero attached hydrogens (tertiary/aromatic N) is 2. The number of aliphatic hydroxyl groups excluding tert-OH is 1. The molecule has 0 aliphatic carbocycles. The maximum absolute atomic E-state index is 9.38. The van der Waals surface area contributed by atoms with Gasteiger partial charge in [0, 0.05) is 19.0 Å². The third kappa shape index (κ3) is 3.32. The number of aromatic nitrogens is 2. The van der Waals surface area contributed by atoms with E-state index in [4.69, 9.17) is 0 Å². The lowest BCUT2D eigenvalue weighted by atomic mass is 10.1. The van der Waals surface area contributed by atoms with E-state index in [9.17, 15) is 5.11 Å². The van der Waals surface area contributed by atoms with Gasteiger partial charge in [0.1, 0.15) is 17.5 Å². The van der Waals surface area contributed by atoms with E-state index in [2.05, 4.69) is 34.4 Å². The van der Waals surface area contributed by atoms with Gasteiger partial charge in [0.15, 0.2) is 0 Å². The molecule has 102 valence electrons. The van der Waals surface area contributed by atoms with Gasteiger partial charge in [0.05, 0.1) is 12.6 Å². The SMILES string of the molecule is CCc1nc(NC)c(C)c(N[C@H](CO)C(C)C)n1. The summed E-state index contributed by atoms with van der Waals surface area (Å²) in [5, 5.41) is 15.8. The van der Waals surface area contributed by atoms with Gasteiger partial charge in [-0.25, -0.2) is 9.97 Å². The first kappa shape index (κ1) is 14.7. The first-order chi connectivity index (χ1) is 8.53. The third-order valence-corrected chi connectivity index (χ3v) is 3.07. The monoisotopic (exact) mass is 252 g/mol. The predicted molar refractivity (Wildman–Crippen MR) is 75.0 cm³/mol. The van der Waals surface area contributed by atoms with Crippen LogP contribution in [0.2, 0.25) is 0 Å².